The van der Waals surface area contributed by atoms with Crippen LogP contribution in [0.1, 0.15) is 47.0 Å². The Balaban J connectivity index is 2.53. The van der Waals surface area contributed by atoms with Gasteiger partial charge in [-0.15, -0.1) is 0 Å². The number of amides is 1. The van der Waals surface area contributed by atoms with Crippen molar-refractivity contribution in [3.8, 4) is 0 Å². The quantitative estimate of drug-likeness (QED) is 0.812. The van der Waals surface area contributed by atoms with Gasteiger partial charge < -0.3 is 10.4 Å². The fourth-order valence-corrected chi connectivity index (χ4v) is 2.49. The van der Waals surface area contributed by atoms with Crippen molar-refractivity contribution in [3.63, 3.8) is 0 Å². The first kappa shape index (κ1) is 15.7. The summed E-state index contributed by atoms with van der Waals surface area (Å²) in [6.07, 6.45) is 1.49. The van der Waals surface area contributed by atoms with E-state index in [0.29, 0.717) is 19.3 Å². The fraction of sp³-hybridized carbons (Fsp3) is 0.786. The molecule has 1 fully saturated rings. The molecule has 108 valence electrons. The molecule has 5 nitrogen and oxygen atoms in total. The van der Waals surface area contributed by atoms with Gasteiger partial charge in [0, 0.05) is 11.3 Å². The lowest BCUT2D eigenvalue weighted by molar-refractivity contribution is -0.141. The summed E-state index contributed by atoms with van der Waals surface area (Å²) >= 11 is 0. The number of carbonyl (C=O) groups is 3. The largest absolute Gasteiger partial charge is 0.481 e. The van der Waals surface area contributed by atoms with Crippen LogP contribution in [0.3, 0.4) is 0 Å². The SMILES string of the molecule is CC(NC(=O)[C@@H]1CC[C@H](C(=O)O)C1)C(=O)C(C)(C)C. The second-order valence-corrected chi connectivity index (χ2v) is 6.39. The molecule has 0 aromatic carbocycles. The van der Waals surface area contributed by atoms with Crippen molar-refractivity contribution in [2.75, 3.05) is 0 Å². The molecule has 2 N–H and O–H groups in total. The van der Waals surface area contributed by atoms with E-state index in [1.807, 2.05) is 20.8 Å². The van der Waals surface area contributed by atoms with Gasteiger partial charge >= 0.3 is 5.97 Å². The Bertz CT molecular complexity index is 383. The van der Waals surface area contributed by atoms with E-state index in [9.17, 15) is 14.4 Å². The number of aliphatic carboxylic acids is 1. The molecule has 1 saturated carbocycles. The topological polar surface area (TPSA) is 83.5 Å². The Kier molecular flexibility index (Phi) is 4.71. The summed E-state index contributed by atoms with van der Waals surface area (Å²) < 4.78 is 0. The number of carboxylic acids is 1. The number of hydrogen-bond donors (Lipinski definition) is 2. The van der Waals surface area contributed by atoms with E-state index in [4.69, 9.17) is 5.11 Å². The third kappa shape index (κ3) is 4.04. The highest BCUT2D eigenvalue weighted by Gasteiger charge is 2.35. The summed E-state index contributed by atoms with van der Waals surface area (Å²) in [4.78, 5) is 34.8. The Morgan fingerprint density at radius 1 is 1.16 bits per heavy atom. The van der Waals surface area contributed by atoms with Crippen LogP contribution in [0.2, 0.25) is 0 Å². The van der Waals surface area contributed by atoms with Crippen LogP contribution < -0.4 is 5.32 Å². The highest BCUT2D eigenvalue weighted by atomic mass is 16.4. The summed E-state index contributed by atoms with van der Waals surface area (Å²) in [5.74, 6) is -1.77. The van der Waals surface area contributed by atoms with E-state index < -0.39 is 23.3 Å². The zero-order valence-corrected chi connectivity index (χ0v) is 12.0. The van der Waals surface area contributed by atoms with Crippen LogP contribution in [-0.2, 0) is 14.4 Å². The minimum Gasteiger partial charge on any atom is -0.481 e. The van der Waals surface area contributed by atoms with E-state index in [-0.39, 0.29) is 17.6 Å². The molecule has 0 aromatic rings. The summed E-state index contributed by atoms with van der Waals surface area (Å²) in [6, 6.07) is -0.531. The second kappa shape index (κ2) is 5.72. The molecular weight excluding hydrogens is 246 g/mol. The van der Waals surface area contributed by atoms with Gasteiger partial charge in [0.15, 0.2) is 5.78 Å². The summed E-state index contributed by atoms with van der Waals surface area (Å²) in [5.41, 5.74) is -0.494. The third-order valence-electron chi connectivity index (χ3n) is 3.64. The van der Waals surface area contributed by atoms with E-state index in [1.165, 1.54) is 0 Å². The molecule has 0 radical (unpaired) electrons. The molecule has 0 spiro atoms. The molecule has 0 aromatic heterocycles. The molecule has 0 heterocycles. The lowest BCUT2D eigenvalue weighted by Gasteiger charge is -2.23. The molecular formula is C14H23NO4. The number of nitrogens with one attached hydrogen (secondary N) is 1. The van der Waals surface area contributed by atoms with Crippen molar-refractivity contribution in [2.45, 2.75) is 53.0 Å². The number of Topliss-reactive ketones (excluding diaryl/α,β-unsaturated/α-hetero) is 1. The molecule has 1 aliphatic carbocycles. The normalized spacial score (nSPS) is 24.8. The van der Waals surface area contributed by atoms with Crippen LogP contribution in [0.4, 0.5) is 0 Å². The lowest BCUT2D eigenvalue weighted by Crippen LogP contribution is -2.45. The molecule has 5 heteroatoms. The summed E-state index contributed by atoms with van der Waals surface area (Å²) in [7, 11) is 0. The molecule has 0 bridgehead atoms. The van der Waals surface area contributed by atoms with Crippen LogP contribution in [0, 0.1) is 17.3 Å². The smallest absolute Gasteiger partial charge is 0.306 e. The summed E-state index contributed by atoms with van der Waals surface area (Å²) in [6.45, 7) is 7.12. The predicted molar refractivity (Wildman–Crippen MR) is 70.5 cm³/mol. The maximum absolute atomic E-state index is 12.0. The molecule has 0 saturated heterocycles. The molecule has 3 atom stereocenters. The van der Waals surface area contributed by atoms with Crippen molar-refractivity contribution in [3.05, 3.63) is 0 Å². The summed E-state index contributed by atoms with van der Waals surface area (Å²) in [5, 5.41) is 11.6. The number of carboxylic acid groups (broad SMARTS) is 1. The van der Waals surface area contributed by atoms with E-state index in [0.717, 1.165) is 0 Å². The Labute approximate surface area is 113 Å². The number of carbonyl (C=O) groups excluding carboxylic acids is 2. The van der Waals surface area contributed by atoms with Crippen molar-refractivity contribution >= 4 is 17.7 Å². The average Bonchev–Trinajstić information content (AvgIpc) is 2.75. The zero-order valence-electron chi connectivity index (χ0n) is 12.0. The predicted octanol–water partition coefficient (Wildman–Crippen LogP) is 1.61. The number of ketones is 1. The van der Waals surface area contributed by atoms with Crippen molar-refractivity contribution in [1.82, 2.24) is 5.32 Å². The number of rotatable bonds is 4. The van der Waals surface area contributed by atoms with Gasteiger partial charge in [-0.05, 0) is 26.2 Å². The Hall–Kier alpha value is -1.39. The first-order chi connectivity index (χ1) is 8.62. The molecule has 1 aliphatic rings. The van der Waals surface area contributed by atoms with Gasteiger partial charge in [-0.1, -0.05) is 20.8 Å². The van der Waals surface area contributed by atoms with Gasteiger partial charge in [-0.25, -0.2) is 0 Å². The van der Waals surface area contributed by atoms with E-state index in [1.54, 1.807) is 6.92 Å². The standard InChI is InChI=1S/C14H23NO4/c1-8(11(16)14(2,3)4)15-12(17)9-5-6-10(7-9)13(18)19/h8-10H,5-7H2,1-4H3,(H,15,17)(H,18,19)/t8?,9-,10+/m1/s1. The minimum absolute atomic E-state index is 0.0198. The average molecular weight is 269 g/mol. The fourth-order valence-electron chi connectivity index (χ4n) is 2.49. The van der Waals surface area contributed by atoms with Crippen molar-refractivity contribution in [2.24, 2.45) is 17.3 Å². The Morgan fingerprint density at radius 3 is 2.11 bits per heavy atom. The van der Waals surface area contributed by atoms with Crippen LogP contribution >= 0.6 is 0 Å². The first-order valence-electron chi connectivity index (χ1n) is 6.70. The number of hydrogen-bond acceptors (Lipinski definition) is 3. The van der Waals surface area contributed by atoms with Gasteiger partial charge in [-0.2, -0.15) is 0 Å². The lowest BCUT2D eigenvalue weighted by atomic mass is 9.87. The second-order valence-electron chi connectivity index (χ2n) is 6.39. The maximum Gasteiger partial charge on any atom is 0.306 e. The maximum atomic E-state index is 12.0. The minimum atomic E-state index is -0.839. The monoisotopic (exact) mass is 269 g/mol. The van der Waals surface area contributed by atoms with Crippen molar-refractivity contribution < 1.29 is 19.5 Å². The van der Waals surface area contributed by atoms with Crippen LogP contribution in [0.15, 0.2) is 0 Å². The van der Waals surface area contributed by atoms with Gasteiger partial charge in [-0.3, -0.25) is 14.4 Å². The van der Waals surface area contributed by atoms with Gasteiger partial charge in [0.1, 0.15) is 0 Å². The molecule has 0 aliphatic heterocycles. The Morgan fingerprint density at radius 2 is 1.68 bits per heavy atom. The van der Waals surface area contributed by atoms with Crippen LogP contribution in [-0.4, -0.2) is 28.8 Å². The third-order valence-corrected chi connectivity index (χ3v) is 3.64. The zero-order chi connectivity index (χ0) is 14.8. The first-order valence-corrected chi connectivity index (χ1v) is 6.70. The van der Waals surface area contributed by atoms with E-state index >= 15 is 0 Å². The molecule has 1 amide bonds. The van der Waals surface area contributed by atoms with Gasteiger partial charge in [0.05, 0.1) is 12.0 Å². The highest BCUT2D eigenvalue weighted by Crippen LogP contribution is 2.31. The van der Waals surface area contributed by atoms with Crippen molar-refractivity contribution in [1.29, 1.82) is 0 Å². The highest BCUT2D eigenvalue weighted by molar-refractivity contribution is 5.92. The van der Waals surface area contributed by atoms with Crippen LogP contribution in [0.5, 0.6) is 0 Å². The van der Waals surface area contributed by atoms with Crippen LogP contribution in [0.25, 0.3) is 0 Å². The molecule has 19 heavy (non-hydrogen) atoms. The molecule has 1 unspecified atom stereocenters. The molecule has 1 rings (SSSR count). The van der Waals surface area contributed by atoms with E-state index in [2.05, 4.69) is 5.32 Å². The van der Waals surface area contributed by atoms with Gasteiger partial charge in [0.2, 0.25) is 5.91 Å². The van der Waals surface area contributed by atoms with Gasteiger partial charge in [0.25, 0.3) is 0 Å².